The van der Waals surface area contributed by atoms with E-state index in [2.05, 4.69) is 21.7 Å². The molecule has 1 N–H and O–H groups in total. The van der Waals surface area contributed by atoms with Gasteiger partial charge in [-0.25, -0.2) is 13.4 Å². The first-order chi connectivity index (χ1) is 15.9. The largest absolute Gasteiger partial charge is 0.481 e. The van der Waals surface area contributed by atoms with Gasteiger partial charge in [-0.05, 0) is 54.2 Å². The van der Waals surface area contributed by atoms with Crippen LogP contribution in [0.15, 0.2) is 82.8 Å². The van der Waals surface area contributed by atoms with Crippen LogP contribution in [0.5, 0.6) is 0 Å². The van der Waals surface area contributed by atoms with Crippen LogP contribution in [0.25, 0.3) is 10.9 Å². The maximum atomic E-state index is 13.4. The minimum Gasteiger partial charge on any atom is -0.481 e. The fraction of sp³-hybridized carbons (Fsp3) is 0.231. The number of aliphatic carboxylic acids is 1. The van der Waals surface area contributed by atoms with Crippen molar-refractivity contribution in [1.82, 2.24) is 9.55 Å². The molecule has 0 radical (unpaired) electrons. The van der Waals surface area contributed by atoms with E-state index in [0.29, 0.717) is 18.5 Å². The van der Waals surface area contributed by atoms with Gasteiger partial charge in [0, 0.05) is 42.2 Å². The van der Waals surface area contributed by atoms with E-state index in [0.717, 1.165) is 35.0 Å². The molecule has 7 heteroatoms. The Labute approximate surface area is 192 Å². The molecule has 4 aromatic rings. The summed E-state index contributed by atoms with van der Waals surface area (Å²) in [6, 6.07) is 20.1. The molecule has 0 aliphatic carbocycles. The van der Waals surface area contributed by atoms with E-state index in [1.54, 1.807) is 36.4 Å². The Hall–Kier alpha value is -3.45. The van der Waals surface area contributed by atoms with E-state index in [-0.39, 0.29) is 22.3 Å². The lowest BCUT2D eigenvalue weighted by Crippen LogP contribution is -2.22. The summed E-state index contributed by atoms with van der Waals surface area (Å²) in [5.41, 5.74) is 3.98. The second-order valence-corrected chi connectivity index (χ2v) is 10.4. The lowest BCUT2D eigenvalue weighted by atomic mass is 9.92. The summed E-state index contributed by atoms with van der Waals surface area (Å²) in [5, 5.41) is 10.4. The summed E-state index contributed by atoms with van der Waals surface area (Å²) < 4.78 is 28.9. The van der Waals surface area contributed by atoms with E-state index in [1.807, 2.05) is 18.2 Å². The highest BCUT2D eigenvalue weighted by atomic mass is 32.2. The van der Waals surface area contributed by atoms with Crippen LogP contribution in [-0.2, 0) is 34.0 Å². The van der Waals surface area contributed by atoms with Gasteiger partial charge < -0.3 is 9.67 Å². The van der Waals surface area contributed by atoms with Crippen molar-refractivity contribution in [3.63, 3.8) is 0 Å². The Balaban J connectivity index is 1.59. The molecule has 0 amide bonds. The van der Waals surface area contributed by atoms with Crippen molar-refractivity contribution in [2.45, 2.75) is 42.1 Å². The molecule has 5 rings (SSSR count). The van der Waals surface area contributed by atoms with Crippen LogP contribution in [0.3, 0.4) is 0 Å². The number of rotatable bonds is 6. The Morgan fingerprint density at radius 1 is 1.03 bits per heavy atom. The zero-order valence-corrected chi connectivity index (χ0v) is 18.8. The van der Waals surface area contributed by atoms with E-state index < -0.39 is 15.8 Å². The van der Waals surface area contributed by atoms with Crippen LogP contribution in [-0.4, -0.2) is 29.0 Å². The molecule has 1 unspecified atom stereocenters. The number of hydrogen-bond donors (Lipinski definition) is 1. The Morgan fingerprint density at radius 3 is 2.58 bits per heavy atom. The monoisotopic (exact) mass is 460 g/mol. The lowest BCUT2D eigenvalue weighted by molar-refractivity contribution is -0.138. The topological polar surface area (TPSA) is 89.3 Å². The first kappa shape index (κ1) is 21.4. The number of nitrogens with zero attached hydrogens (tertiary/aromatic N) is 2. The molecule has 2 aromatic heterocycles. The molecular weight excluding hydrogens is 436 g/mol. The maximum Gasteiger partial charge on any atom is 0.303 e. The van der Waals surface area contributed by atoms with E-state index in [1.165, 1.54) is 6.20 Å². The fourth-order valence-electron chi connectivity index (χ4n) is 4.93. The van der Waals surface area contributed by atoms with Crippen LogP contribution in [0.2, 0.25) is 0 Å². The van der Waals surface area contributed by atoms with Gasteiger partial charge in [-0.1, -0.05) is 42.5 Å². The summed E-state index contributed by atoms with van der Waals surface area (Å²) in [7, 11) is -3.75. The van der Waals surface area contributed by atoms with Gasteiger partial charge in [0.25, 0.3) is 0 Å². The number of para-hydroxylation sites is 1. The van der Waals surface area contributed by atoms with Gasteiger partial charge in [-0.2, -0.15) is 0 Å². The summed E-state index contributed by atoms with van der Waals surface area (Å²) >= 11 is 0. The number of sulfone groups is 1. The van der Waals surface area contributed by atoms with Gasteiger partial charge in [0.05, 0.1) is 4.90 Å². The third-order valence-corrected chi connectivity index (χ3v) is 8.18. The molecule has 0 saturated heterocycles. The quantitative estimate of drug-likeness (QED) is 0.458. The van der Waals surface area contributed by atoms with Crippen molar-refractivity contribution in [2.24, 2.45) is 5.92 Å². The van der Waals surface area contributed by atoms with Gasteiger partial charge >= 0.3 is 5.97 Å². The summed E-state index contributed by atoms with van der Waals surface area (Å²) in [5.74, 6) is -0.683. The Bertz CT molecular complexity index is 1440. The first-order valence-corrected chi connectivity index (χ1v) is 12.5. The van der Waals surface area contributed by atoms with Crippen LogP contribution in [0, 0.1) is 5.92 Å². The van der Waals surface area contributed by atoms with Gasteiger partial charge in [-0.15, -0.1) is 0 Å². The molecule has 1 atom stereocenters. The Kier molecular flexibility index (Phi) is 5.50. The minimum absolute atomic E-state index is 0.0831. The highest BCUT2D eigenvalue weighted by molar-refractivity contribution is 7.91. The van der Waals surface area contributed by atoms with E-state index in [4.69, 9.17) is 0 Å². The number of fused-ring (bicyclic) bond motifs is 3. The highest BCUT2D eigenvalue weighted by Gasteiger charge is 2.28. The van der Waals surface area contributed by atoms with Crippen molar-refractivity contribution < 1.29 is 18.3 Å². The van der Waals surface area contributed by atoms with Crippen LogP contribution < -0.4 is 0 Å². The number of carboxylic acid groups (broad SMARTS) is 1. The molecule has 6 nitrogen and oxygen atoms in total. The van der Waals surface area contributed by atoms with Gasteiger partial charge in [0.15, 0.2) is 5.03 Å². The highest BCUT2D eigenvalue weighted by Crippen LogP contribution is 2.36. The molecule has 168 valence electrons. The fourth-order valence-corrected chi connectivity index (χ4v) is 6.35. The second-order valence-electron chi connectivity index (χ2n) is 8.52. The Morgan fingerprint density at radius 2 is 1.79 bits per heavy atom. The molecule has 0 fully saturated rings. The molecule has 2 aromatic carbocycles. The number of hydrogen-bond acceptors (Lipinski definition) is 4. The van der Waals surface area contributed by atoms with Crippen molar-refractivity contribution in [3.05, 3.63) is 89.7 Å². The number of pyridine rings is 1. The van der Waals surface area contributed by atoms with Crippen molar-refractivity contribution in [1.29, 1.82) is 0 Å². The predicted molar refractivity (Wildman–Crippen MR) is 125 cm³/mol. The molecule has 0 spiro atoms. The zero-order valence-electron chi connectivity index (χ0n) is 18.0. The summed E-state index contributed by atoms with van der Waals surface area (Å²) in [6.07, 6.45) is 3.69. The third-order valence-electron chi connectivity index (χ3n) is 6.41. The molecule has 0 bridgehead atoms. The van der Waals surface area contributed by atoms with Crippen LogP contribution in [0.1, 0.15) is 29.7 Å². The predicted octanol–water partition coefficient (Wildman–Crippen LogP) is 4.50. The van der Waals surface area contributed by atoms with E-state index >= 15 is 0 Å². The first-order valence-electron chi connectivity index (χ1n) is 11.0. The third kappa shape index (κ3) is 3.93. The van der Waals surface area contributed by atoms with Gasteiger partial charge in [-0.3, -0.25) is 4.79 Å². The molecule has 3 heterocycles. The maximum absolute atomic E-state index is 13.4. The molecule has 0 saturated carbocycles. The minimum atomic E-state index is -3.75. The standard InChI is InChI=1S/C26H24N2O4S/c29-25(30)15-18-12-13-24-22(21-10-4-5-11-23(21)28(24)17-18)16-19-7-6-14-27-26(19)33(31,32)20-8-2-1-3-9-20/h1-11,14,18H,12-13,15-17H2,(H,29,30). The lowest BCUT2D eigenvalue weighted by Gasteiger charge is -2.25. The van der Waals surface area contributed by atoms with Gasteiger partial charge in [0.1, 0.15) is 0 Å². The molecule has 1 aliphatic heterocycles. The van der Waals surface area contributed by atoms with Crippen molar-refractivity contribution in [2.75, 3.05) is 0 Å². The average Bonchev–Trinajstić information content (AvgIpc) is 3.13. The molecular formula is C26H24N2O4S. The van der Waals surface area contributed by atoms with Gasteiger partial charge in [0.2, 0.25) is 9.84 Å². The molecule has 33 heavy (non-hydrogen) atoms. The van der Waals surface area contributed by atoms with Crippen LogP contribution >= 0.6 is 0 Å². The number of aromatic nitrogens is 2. The summed E-state index contributed by atoms with van der Waals surface area (Å²) in [4.78, 5) is 15.8. The van der Waals surface area contributed by atoms with Crippen LogP contribution in [0.4, 0.5) is 0 Å². The number of carboxylic acids is 1. The SMILES string of the molecule is O=C(O)CC1CCc2c(Cc3cccnc3S(=O)(=O)c3ccccc3)c3ccccc3n2C1. The van der Waals surface area contributed by atoms with E-state index in [9.17, 15) is 18.3 Å². The summed E-state index contributed by atoms with van der Waals surface area (Å²) in [6.45, 7) is 0.657. The normalized spacial score (nSPS) is 15.9. The van der Waals surface area contributed by atoms with Crippen molar-refractivity contribution >= 4 is 26.7 Å². The van der Waals surface area contributed by atoms with Crippen molar-refractivity contribution in [3.8, 4) is 0 Å². The zero-order chi connectivity index (χ0) is 23.0. The number of benzene rings is 2. The number of carbonyl (C=O) groups is 1. The second kappa shape index (κ2) is 8.48. The average molecular weight is 461 g/mol. The smallest absolute Gasteiger partial charge is 0.303 e. The molecule has 1 aliphatic rings.